The van der Waals surface area contributed by atoms with Crippen LogP contribution in [0.1, 0.15) is 36.2 Å². The van der Waals surface area contributed by atoms with Crippen LogP contribution in [0.5, 0.6) is 0 Å². The molecule has 3 unspecified atom stereocenters. The molecule has 1 amide bonds. The van der Waals surface area contributed by atoms with Gasteiger partial charge in [-0.3, -0.25) is 4.79 Å². The number of nitrogens with zero attached hydrogens (tertiary/aromatic N) is 2. The molecule has 36 heavy (non-hydrogen) atoms. The second-order valence-electron chi connectivity index (χ2n) is 10.0. The van der Waals surface area contributed by atoms with Crippen LogP contribution in [-0.4, -0.2) is 68.2 Å². The summed E-state index contributed by atoms with van der Waals surface area (Å²) in [5.74, 6) is 5.50. The lowest BCUT2D eigenvalue weighted by Crippen LogP contribution is -2.51. The first kappa shape index (κ1) is 28.0. The first-order chi connectivity index (χ1) is 17.1. The molecule has 8 heteroatoms. The normalized spacial score (nSPS) is 20.2. The number of nitrogens with two attached hydrogens (primary N) is 1. The number of benzene rings is 2. The number of hydrogen-bond donors (Lipinski definition) is 2. The van der Waals surface area contributed by atoms with Gasteiger partial charge in [0.2, 0.25) is 0 Å². The molecule has 0 bridgehead atoms. The van der Waals surface area contributed by atoms with Gasteiger partial charge in [0.1, 0.15) is 0 Å². The standard InChI is InChI=1S/C28H42N4O3S/c1-7-36(6,34)32(4)25-16-22(15-24(17-25)31(3)18-23-13-20(23)2)28(33)30-27(26(29)19-35-5)14-21-11-9-8-10-12-21/h8-12,15-17,20,23,26-27H,6-7,13-14,18-19,29H2,1-5H3,(H,30,33)/t20?,23?,26-,27-,36?/m0/s1. The van der Waals surface area contributed by atoms with Crippen molar-refractivity contribution in [1.82, 2.24) is 5.32 Å². The van der Waals surface area contributed by atoms with Gasteiger partial charge in [-0.05, 0) is 54.3 Å². The van der Waals surface area contributed by atoms with Crippen molar-refractivity contribution in [3.05, 3.63) is 59.7 Å². The first-order valence-corrected chi connectivity index (χ1v) is 14.4. The minimum absolute atomic E-state index is 0.223. The van der Waals surface area contributed by atoms with Crippen molar-refractivity contribution < 1.29 is 13.7 Å². The summed E-state index contributed by atoms with van der Waals surface area (Å²) in [5.41, 5.74) is 9.61. The molecule has 0 heterocycles. The van der Waals surface area contributed by atoms with Crippen LogP contribution in [-0.2, 0) is 20.9 Å². The third-order valence-electron chi connectivity index (χ3n) is 7.19. The van der Waals surface area contributed by atoms with Gasteiger partial charge in [-0.15, -0.1) is 0 Å². The fourth-order valence-corrected chi connectivity index (χ4v) is 5.24. The average Bonchev–Trinajstić information content (AvgIpc) is 3.57. The maximum absolute atomic E-state index is 13.6. The predicted molar refractivity (Wildman–Crippen MR) is 152 cm³/mol. The zero-order valence-corrected chi connectivity index (χ0v) is 23.1. The number of amides is 1. The summed E-state index contributed by atoms with van der Waals surface area (Å²) in [6.07, 6.45) is 1.81. The molecule has 0 radical (unpaired) electrons. The summed E-state index contributed by atoms with van der Waals surface area (Å²) in [7, 11) is 2.93. The molecule has 2 aromatic rings. The van der Waals surface area contributed by atoms with Gasteiger partial charge in [0.25, 0.3) is 5.91 Å². The molecular formula is C28H42N4O3S. The van der Waals surface area contributed by atoms with Crippen LogP contribution in [0.15, 0.2) is 48.5 Å². The zero-order chi connectivity index (χ0) is 26.5. The van der Waals surface area contributed by atoms with Crippen LogP contribution in [0.4, 0.5) is 11.4 Å². The van der Waals surface area contributed by atoms with Crippen molar-refractivity contribution >= 4 is 32.9 Å². The largest absolute Gasteiger partial charge is 0.383 e. The molecule has 1 aliphatic rings. The molecular weight excluding hydrogens is 472 g/mol. The van der Waals surface area contributed by atoms with E-state index < -0.39 is 9.71 Å². The number of carbonyl (C=O) groups excluding carboxylic acids is 1. The molecule has 198 valence electrons. The lowest BCUT2D eigenvalue weighted by molar-refractivity contribution is 0.0913. The second-order valence-corrected chi connectivity index (χ2v) is 12.7. The molecule has 1 fully saturated rings. The molecule has 3 rings (SSSR count). The third-order valence-corrected chi connectivity index (χ3v) is 9.31. The van der Waals surface area contributed by atoms with Crippen molar-refractivity contribution in [1.29, 1.82) is 0 Å². The van der Waals surface area contributed by atoms with Gasteiger partial charge in [-0.2, -0.15) is 0 Å². The lowest BCUT2D eigenvalue weighted by Gasteiger charge is -2.28. The van der Waals surface area contributed by atoms with E-state index in [4.69, 9.17) is 10.5 Å². The molecule has 0 saturated heterocycles. The van der Waals surface area contributed by atoms with Crippen molar-refractivity contribution in [2.45, 2.75) is 38.8 Å². The fourth-order valence-electron chi connectivity index (χ4n) is 4.36. The highest BCUT2D eigenvalue weighted by Gasteiger charge is 2.33. The van der Waals surface area contributed by atoms with E-state index >= 15 is 0 Å². The molecule has 0 aromatic heterocycles. The predicted octanol–water partition coefficient (Wildman–Crippen LogP) is 3.18. The molecule has 2 aromatic carbocycles. The van der Waals surface area contributed by atoms with Crippen LogP contribution in [0, 0.1) is 11.8 Å². The topological polar surface area (TPSA) is 87.9 Å². The highest BCUT2D eigenvalue weighted by atomic mass is 32.2. The Morgan fingerprint density at radius 3 is 2.44 bits per heavy atom. The van der Waals surface area contributed by atoms with Gasteiger partial charge >= 0.3 is 0 Å². The van der Waals surface area contributed by atoms with E-state index in [0.29, 0.717) is 35.9 Å². The third kappa shape index (κ3) is 7.24. The molecule has 5 atom stereocenters. The van der Waals surface area contributed by atoms with E-state index in [1.165, 1.54) is 6.42 Å². The maximum atomic E-state index is 13.6. The first-order valence-electron chi connectivity index (χ1n) is 12.6. The van der Waals surface area contributed by atoms with E-state index in [1.54, 1.807) is 24.5 Å². The molecule has 1 aliphatic carbocycles. The van der Waals surface area contributed by atoms with E-state index in [-0.39, 0.29) is 18.0 Å². The Balaban J connectivity index is 1.92. The Morgan fingerprint density at radius 2 is 1.86 bits per heavy atom. The summed E-state index contributed by atoms with van der Waals surface area (Å²) in [5, 5.41) is 3.14. The van der Waals surface area contributed by atoms with Crippen LogP contribution in [0.25, 0.3) is 0 Å². The summed E-state index contributed by atoms with van der Waals surface area (Å²) < 4.78 is 20.0. The molecule has 3 N–H and O–H groups in total. The van der Waals surface area contributed by atoms with Crippen LogP contribution < -0.4 is 20.3 Å². The minimum atomic E-state index is -2.49. The number of rotatable bonds is 13. The van der Waals surface area contributed by atoms with Gasteiger partial charge in [-0.1, -0.05) is 44.2 Å². The van der Waals surface area contributed by atoms with Crippen molar-refractivity contribution in [3.8, 4) is 0 Å². The minimum Gasteiger partial charge on any atom is -0.383 e. The molecule has 7 nitrogen and oxygen atoms in total. The lowest BCUT2D eigenvalue weighted by atomic mass is 9.99. The number of hydrogen-bond acceptors (Lipinski definition) is 5. The number of ether oxygens (including phenoxy) is 1. The van der Waals surface area contributed by atoms with E-state index in [0.717, 1.165) is 23.7 Å². The number of carbonyl (C=O) groups is 1. The Kier molecular flexibility index (Phi) is 9.44. The van der Waals surface area contributed by atoms with Crippen LogP contribution >= 0.6 is 0 Å². The highest BCUT2D eigenvalue weighted by Crippen LogP contribution is 2.39. The van der Waals surface area contributed by atoms with Gasteiger partial charge in [0.15, 0.2) is 0 Å². The van der Waals surface area contributed by atoms with E-state index in [1.807, 2.05) is 56.4 Å². The van der Waals surface area contributed by atoms with Crippen molar-refractivity contribution in [2.75, 3.05) is 49.3 Å². The Labute approximate surface area is 217 Å². The van der Waals surface area contributed by atoms with Gasteiger partial charge in [0.05, 0.1) is 18.3 Å². The monoisotopic (exact) mass is 514 g/mol. The Bertz CT molecular complexity index is 1120. The maximum Gasteiger partial charge on any atom is 0.251 e. The fraction of sp³-hybridized carbons (Fsp3) is 0.500. The summed E-state index contributed by atoms with van der Waals surface area (Å²) in [4.78, 5) is 15.8. The van der Waals surface area contributed by atoms with Crippen LogP contribution in [0.3, 0.4) is 0 Å². The average molecular weight is 515 g/mol. The quantitative estimate of drug-likeness (QED) is 0.401. The molecule has 0 spiro atoms. The summed E-state index contributed by atoms with van der Waals surface area (Å²) >= 11 is 0. The van der Waals surface area contributed by atoms with E-state index in [9.17, 15) is 9.00 Å². The molecule has 1 saturated carbocycles. The number of anilines is 2. The Morgan fingerprint density at radius 1 is 1.22 bits per heavy atom. The van der Waals surface area contributed by atoms with Crippen molar-refractivity contribution in [2.24, 2.45) is 17.6 Å². The number of methoxy groups -OCH3 is 1. The Hall–Kier alpha value is -2.55. The van der Waals surface area contributed by atoms with Gasteiger partial charge in [0, 0.05) is 60.5 Å². The van der Waals surface area contributed by atoms with Gasteiger partial charge < -0.3 is 25.0 Å². The highest BCUT2D eigenvalue weighted by molar-refractivity contribution is 8.01. The summed E-state index contributed by atoms with van der Waals surface area (Å²) in [6, 6.07) is 14.9. The zero-order valence-electron chi connectivity index (χ0n) is 22.3. The smallest absolute Gasteiger partial charge is 0.251 e. The van der Waals surface area contributed by atoms with Gasteiger partial charge in [-0.25, -0.2) is 4.21 Å². The second kappa shape index (κ2) is 12.1. The number of nitrogens with one attached hydrogen (secondary N) is 1. The van der Waals surface area contributed by atoms with E-state index in [2.05, 4.69) is 23.0 Å². The van der Waals surface area contributed by atoms with Crippen LogP contribution in [0.2, 0.25) is 0 Å². The SMILES string of the molecule is C=S(=O)(CC)N(C)c1cc(C(=O)N[C@@H](Cc2ccccc2)[C@@H](N)COC)cc(N(C)CC2CC2C)c1. The molecule has 0 aliphatic heterocycles. The summed E-state index contributed by atoms with van der Waals surface area (Å²) in [6.45, 7) is 5.36. The van der Waals surface area contributed by atoms with Crippen molar-refractivity contribution in [3.63, 3.8) is 0 Å².